The molecule has 1 heterocycles. The highest BCUT2D eigenvalue weighted by molar-refractivity contribution is 5.94. The molecule has 0 aromatic heterocycles. The van der Waals surface area contributed by atoms with E-state index in [9.17, 15) is 4.79 Å². The molecule has 19 heavy (non-hydrogen) atoms. The van der Waals surface area contributed by atoms with E-state index in [1.165, 1.54) is 0 Å². The van der Waals surface area contributed by atoms with E-state index in [1.54, 1.807) is 0 Å². The van der Waals surface area contributed by atoms with Gasteiger partial charge in [-0.3, -0.25) is 4.79 Å². The van der Waals surface area contributed by atoms with Gasteiger partial charge in [0.05, 0.1) is 0 Å². The lowest BCUT2D eigenvalue weighted by atomic mass is 10.1. The molecular formula is C16H19NO2. The SMILES string of the molecule is CCC1CCN(C(=O)c2ccc(C#CCO)cc2)C1. The molecule has 0 aliphatic carbocycles. The van der Waals surface area contributed by atoms with Gasteiger partial charge in [0.2, 0.25) is 0 Å². The minimum atomic E-state index is -0.146. The van der Waals surface area contributed by atoms with Crippen molar-refractivity contribution in [1.29, 1.82) is 0 Å². The van der Waals surface area contributed by atoms with Gasteiger partial charge in [-0.25, -0.2) is 0 Å². The third-order valence-corrected chi connectivity index (χ3v) is 3.59. The van der Waals surface area contributed by atoms with Gasteiger partial charge in [-0.2, -0.15) is 0 Å². The predicted molar refractivity (Wildman–Crippen MR) is 74.7 cm³/mol. The van der Waals surface area contributed by atoms with Crippen molar-refractivity contribution in [2.45, 2.75) is 19.8 Å². The first-order valence-electron chi connectivity index (χ1n) is 6.73. The van der Waals surface area contributed by atoms with Crippen LogP contribution in [0.25, 0.3) is 0 Å². The van der Waals surface area contributed by atoms with Crippen LogP contribution in [-0.2, 0) is 0 Å². The second kappa shape index (κ2) is 6.40. The smallest absolute Gasteiger partial charge is 0.253 e. The van der Waals surface area contributed by atoms with Gasteiger partial charge in [0.25, 0.3) is 5.91 Å². The summed E-state index contributed by atoms with van der Waals surface area (Å²) in [5, 5.41) is 8.63. The van der Waals surface area contributed by atoms with Crippen LogP contribution in [0.1, 0.15) is 35.7 Å². The van der Waals surface area contributed by atoms with Crippen LogP contribution < -0.4 is 0 Å². The van der Waals surface area contributed by atoms with E-state index < -0.39 is 0 Å². The summed E-state index contributed by atoms with van der Waals surface area (Å²) >= 11 is 0. The first-order chi connectivity index (χ1) is 9.24. The highest BCUT2D eigenvalue weighted by atomic mass is 16.2. The van der Waals surface area contributed by atoms with E-state index in [4.69, 9.17) is 5.11 Å². The van der Waals surface area contributed by atoms with Gasteiger partial charge in [-0.05, 0) is 36.6 Å². The van der Waals surface area contributed by atoms with Crippen molar-refractivity contribution in [3.63, 3.8) is 0 Å². The molecule has 1 aliphatic heterocycles. The second-order valence-electron chi connectivity index (χ2n) is 4.85. The number of rotatable bonds is 2. The molecule has 1 unspecified atom stereocenters. The Morgan fingerprint density at radius 2 is 2.16 bits per heavy atom. The molecule has 0 bridgehead atoms. The fourth-order valence-corrected chi connectivity index (χ4v) is 2.37. The monoisotopic (exact) mass is 257 g/mol. The zero-order valence-electron chi connectivity index (χ0n) is 11.2. The molecule has 1 N–H and O–H groups in total. The summed E-state index contributed by atoms with van der Waals surface area (Å²) in [6.45, 7) is 3.77. The van der Waals surface area contributed by atoms with Crippen LogP contribution in [0.15, 0.2) is 24.3 Å². The van der Waals surface area contributed by atoms with E-state index >= 15 is 0 Å². The molecule has 3 heteroatoms. The zero-order chi connectivity index (χ0) is 13.7. The van der Waals surface area contributed by atoms with E-state index in [1.807, 2.05) is 29.2 Å². The van der Waals surface area contributed by atoms with E-state index in [2.05, 4.69) is 18.8 Å². The molecule has 0 spiro atoms. The lowest BCUT2D eigenvalue weighted by molar-refractivity contribution is 0.0787. The minimum Gasteiger partial charge on any atom is -0.384 e. The molecule has 1 amide bonds. The van der Waals surface area contributed by atoms with E-state index in [0.717, 1.165) is 31.5 Å². The predicted octanol–water partition coefficient (Wildman–Crippen LogP) is 1.90. The van der Waals surface area contributed by atoms with Crippen molar-refractivity contribution in [2.24, 2.45) is 5.92 Å². The summed E-state index contributed by atoms with van der Waals surface area (Å²) in [4.78, 5) is 14.2. The number of hydrogen-bond donors (Lipinski definition) is 1. The summed E-state index contributed by atoms with van der Waals surface area (Å²) in [5.74, 6) is 6.17. The molecule has 1 aromatic carbocycles. The highest BCUT2D eigenvalue weighted by Gasteiger charge is 2.25. The van der Waals surface area contributed by atoms with Gasteiger partial charge in [-0.15, -0.1) is 0 Å². The molecule has 100 valence electrons. The Hall–Kier alpha value is -1.79. The molecular weight excluding hydrogens is 238 g/mol. The lowest BCUT2D eigenvalue weighted by Crippen LogP contribution is -2.28. The number of benzene rings is 1. The van der Waals surface area contributed by atoms with Crippen molar-refractivity contribution < 1.29 is 9.90 Å². The standard InChI is InChI=1S/C16H19NO2/c1-2-13-9-10-17(12-13)16(19)15-7-5-14(6-8-15)4-3-11-18/h5-8,13,18H,2,9-12H2,1H3. The fourth-order valence-electron chi connectivity index (χ4n) is 2.37. The van der Waals surface area contributed by atoms with Gasteiger partial charge in [-0.1, -0.05) is 25.2 Å². The second-order valence-corrected chi connectivity index (χ2v) is 4.85. The molecule has 2 rings (SSSR count). The third-order valence-electron chi connectivity index (χ3n) is 3.59. The Balaban J connectivity index is 2.04. The number of amides is 1. The van der Waals surface area contributed by atoms with Crippen molar-refractivity contribution >= 4 is 5.91 Å². The van der Waals surface area contributed by atoms with Gasteiger partial charge in [0.1, 0.15) is 6.61 Å². The Bertz CT molecular complexity index is 496. The Morgan fingerprint density at radius 1 is 1.42 bits per heavy atom. The molecule has 0 radical (unpaired) electrons. The highest BCUT2D eigenvalue weighted by Crippen LogP contribution is 2.21. The Kier molecular flexibility index (Phi) is 4.59. The summed E-state index contributed by atoms with van der Waals surface area (Å²) in [6, 6.07) is 7.26. The minimum absolute atomic E-state index is 0.109. The lowest BCUT2D eigenvalue weighted by Gasteiger charge is -2.16. The maximum atomic E-state index is 12.3. The summed E-state index contributed by atoms with van der Waals surface area (Å²) in [6.07, 6.45) is 2.25. The van der Waals surface area contributed by atoms with Crippen molar-refractivity contribution in [1.82, 2.24) is 4.90 Å². The van der Waals surface area contributed by atoms with Gasteiger partial charge >= 0.3 is 0 Å². The molecule has 1 aromatic rings. The molecule has 3 nitrogen and oxygen atoms in total. The molecule has 0 saturated carbocycles. The van der Waals surface area contributed by atoms with Gasteiger partial charge < -0.3 is 10.0 Å². The van der Waals surface area contributed by atoms with Crippen LogP contribution in [0.2, 0.25) is 0 Å². The van der Waals surface area contributed by atoms with Crippen LogP contribution in [-0.4, -0.2) is 35.6 Å². The normalized spacial score (nSPS) is 18.0. The zero-order valence-corrected chi connectivity index (χ0v) is 11.2. The number of carbonyl (C=O) groups is 1. The number of aliphatic hydroxyl groups excluding tert-OH is 1. The number of likely N-dealkylation sites (tertiary alicyclic amines) is 1. The third kappa shape index (κ3) is 3.36. The fraction of sp³-hybridized carbons (Fsp3) is 0.438. The van der Waals surface area contributed by atoms with Gasteiger partial charge in [0, 0.05) is 24.2 Å². The molecule has 1 fully saturated rings. The van der Waals surface area contributed by atoms with E-state index in [-0.39, 0.29) is 12.5 Å². The van der Waals surface area contributed by atoms with Crippen LogP contribution in [0, 0.1) is 17.8 Å². The molecule has 1 saturated heterocycles. The first kappa shape index (κ1) is 13.6. The number of aliphatic hydroxyl groups is 1. The van der Waals surface area contributed by atoms with Gasteiger partial charge in [0.15, 0.2) is 0 Å². The molecule has 1 atom stereocenters. The van der Waals surface area contributed by atoms with Crippen LogP contribution >= 0.6 is 0 Å². The van der Waals surface area contributed by atoms with E-state index in [0.29, 0.717) is 11.5 Å². The first-order valence-corrected chi connectivity index (χ1v) is 6.73. The topological polar surface area (TPSA) is 40.5 Å². The number of carbonyl (C=O) groups excluding carboxylic acids is 1. The summed E-state index contributed by atoms with van der Waals surface area (Å²) in [7, 11) is 0. The van der Waals surface area contributed by atoms with Crippen LogP contribution in [0.5, 0.6) is 0 Å². The van der Waals surface area contributed by atoms with Crippen molar-refractivity contribution in [2.75, 3.05) is 19.7 Å². The van der Waals surface area contributed by atoms with Crippen LogP contribution in [0.4, 0.5) is 0 Å². The number of nitrogens with zero attached hydrogens (tertiary/aromatic N) is 1. The molecule has 1 aliphatic rings. The van der Waals surface area contributed by atoms with Crippen LogP contribution in [0.3, 0.4) is 0 Å². The Labute approximate surface area is 114 Å². The quantitative estimate of drug-likeness (QED) is 0.822. The van der Waals surface area contributed by atoms with Crippen molar-refractivity contribution in [3.05, 3.63) is 35.4 Å². The van der Waals surface area contributed by atoms with Crippen molar-refractivity contribution in [3.8, 4) is 11.8 Å². The number of hydrogen-bond acceptors (Lipinski definition) is 2. The summed E-state index contributed by atoms with van der Waals surface area (Å²) < 4.78 is 0. The maximum absolute atomic E-state index is 12.3. The average Bonchev–Trinajstić information content (AvgIpc) is 2.94. The maximum Gasteiger partial charge on any atom is 0.253 e. The summed E-state index contributed by atoms with van der Waals surface area (Å²) in [5.41, 5.74) is 1.53. The largest absolute Gasteiger partial charge is 0.384 e. The Morgan fingerprint density at radius 3 is 2.74 bits per heavy atom. The average molecular weight is 257 g/mol.